The first-order valence-corrected chi connectivity index (χ1v) is 6.71. The number of amides is 1. The standard InChI is InChI=1S/C14H21N3O/c18-14(2-1-12-3-7-15-8-4-12)17-10-6-13-5-9-16-11-13/h3-4,7-8,13,16H,1-2,5-6,9-11H2,(H,17,18). The van der Waals surface area contributed by atoms with Crippen molar-refractivity contribution in [1.82, 2.24) is 15.6 Å². The summed E-state index contributed by atoms with van der Waals surface area (Å²) in [6.45, 7) is 3.04. The molecule has 0 bridgehead atoms. The third-order valence-electron chi connectivity index (χ3n) is 3.43. The zero-order valence-corrected chi connectivity index (χ0v) is 10.7. The van der Waals surface area contributed by atoms with Gasteiger partial charge in [0.05, 0.1) is 0 Å². The maximum Gasteiger partial charge on any atom is 0.220 e. The average Bonchev–Trinajstić information content (AvgIpc) is 2.91. The lowest BCUT2D eigenvalue weighted by Crippen LogP contribution is -2.26. The highest BCUT2D eigenvalue weighted by Gasteiger charge is 2.13. The number of carbonyl (C=O) groups excluding carboxylic acids is 1. The maximum absolute atomic E-state index is 11.6. The normalized spacial score (nSPS) is 18.8. The zero-order valence-electron chi connectivity index (χ0n) is 10.7. The van der Waals surface area contributed by atoms with Crippen LogP contribution in [0.4, 0.5) is 0 Å². The number of hydrogen-bond donors (Lipinski definition) is 2. The minimum Gasteiger partial charge on any atom is -0.356 e. The molecule has 1 amide bonds. The molecule has 1 unspecified atom stereocenters. The number of carbonyl (C=O) groups is 1. The Morgan fingerprint density at radius 3 is 3.00 bits per heavy atom. The minimum absolute atomic E-state index is 0.151. The van der Waals surface area contributed by atoms with Crippen LogP contribution in [0, 0.1) is 5.92 Å². The molecule has 18 heavy (non-hydrogen) atoms. The van der Waals surface area contributed by atoms with Crippen molar-refractivity contribution in [3.63, 3.8) is 0 Å². The van der Waals surface area contributed by atoms with Gasteiger partial charge in [-0.25, -0.2) is 0 Å². The Kier molecular flexibility index (Phi) is 5.15. The number of nitrogens with one attached hydrogen (secondary N) is 2. The smallest absolute Gasteiger partial charge is 0.220 e. The van der Waals surface area contributed by atoms with Crippen LogP contribution in [-0.2, 0) is 11.2 Å². The lowest BCUT2D eigenvalue weighted by atomic mass is 10.1. The number of hydrogen-bond acceptors (Lipinski definition) is 3. The van der Waals surface area contributed by atoms with E-state index in [1.165, 1.54) is 12.0 Å². The fourth-order valence-electron chi connectivity index (χ4n) is 2.27. The van der Waals surface area contributed by atoms with Gasteiger partial charge >= 0.3 is 0 Å². The van der Waals surface area contributed by atoms with E-state index in [1.807, 2.05) is 12.1 Å². The van der Waals surface area contributed by atoms with E-state index < -0.39 is 0 Å². The molecule has 0 radical (unpaired) electrons. The van der Waals surface area contributed by atoms with Crippen molar-refractivity contribution in [3.05, 3.63) is 30.1 Å². The average molecular weight is 247 g/mol. The van der Waals surface area contributed by atoms with E-state index in [2.05, 4.69) is 15.6 Å². The monoisotopic (exact) mass is 247 g/mol. The Hall–Kier alpha value is -1.42. The summed E-state index contributed by atoms with van der Waals surface area (Å²) in [4.78, 5) is 15.6. The molecular formula is C14H21N3O. The van der Waals surface area contributed by atoms with Gasteiger partial charge in [-0.3, -0.25) is 9.78 Å². The SMILES string of the molecule is O=C(CCc1ccncc1)NCCC1CCNC1. The van der Waals surface area contributed by atoms with Gasteiger partial charge in [-0.05, 0) is 56.0 Å². The fourth-order valence-corrected chi connectivity index (χ4v) is 2.27. The van der Waals surface area contributed by atoms with Crippen molar-refractivity contribution in [3.8, 4) is 0 Å². The summed E-state index contributed by atoms with van der Waals surface area (Å²) in [5, 5.41) is 6.34. The molecule has 1 fully saturated rings. The van der Waals surface area contributed by atoms with Gasteiger partial charge < -0.3 is 10.6 Å². The van der Waals surface area contributed by atoms with Gasteiger partial charge in [0.25, 0.3) is 0 Å². The van der Waals surface area contributed by atoms with E-state index in [1.54, 1.807) is 12.4 Å². The van der Waals surface area contributed by atoms with Crippen LogP contribution >= 0.6 is 0 Å². The van der Waals surface area contributed by atoms with Gasteiger partial charge in [0, 0.05) is 25.4 Å². The van der Waals surface area contributed by atoms with Gasteiger partial charge in [-0.2, -0.15) is 0 Å². The van der Waals surface area contributed by atoms with E-state index in [0.717, 1.165) is 38.4 Å². The van der Waals surface area contributed by atoms with Crippen molar-refractivity contribution in [2.24, 2.45) is 5.92 Å². The van der Waals surface area contributed by atoms with E-state index in [-0.39, 0.29) is 5.91 Å². The largest absolute Gasteiger partial charge is 0.356 e. The first kappa shape index (κ1) is 13.0. The summed E-state index contributed by atoms with van der Waals surface area (Å²) in [7, 11) is 0. The Labute approximate surface area is 108 Å². The Bertz CT molecular complexity index is 361. The molecule has 1 aliphatic rings. The van der Waals surface area contributed by atoms with E-state index >= 15 is 0 Å². The van der Waals surface area contributed by atoms with Crippen molar-refractivity contribution in [1.29, 1.82) is 0 Å². The topological polar surface area (TPSA) is 54.0 Å². The van der Waals surface area contributed by atoms with Crippen LogP contribution in [0.2, 0.25) is 0 Å². The van der Waals surface area contributed by atoms with E-state index in [4.69, 9.17) is 0 Å². The predicted octanol–water partition coefficient (Wildman–Crippen LogP) is 1.13. The van der Waals surface area contributed by atoms with E-state index in [9.17, 15) is 4.79 Å². The van der Waals surface area contributed by atoms with Crippen LogP contribution in [0.15, 0.2) is 24.5 Å². The maximum atomic E-state index is 11.6. The Morgan fingerprint density at radius 2 is 2.28 bits per heavy atom. The number of pyridine rings is 1. The van der Waals surface area contributed by atoms with Gasteiger partial charge in [-0.15, -0.1) is 0 Å². The molecule has 1 aromatic heterocycles. The highest BCUT2D eigenvalue weighted by molar-refractivity contribution is 5.76. The summed E-state index contributed by atoms with van der Waals surface area (Å²) in [5.41, 5.74) is 1.17. The highest BCUT2D eigenvalue weighted by Crippen LogP contribution is 2.10. The first-order chi connectivity index (χ1) is 8.84. The van der Waals surface area contributed by atoms with Crippen LogP contribution in [0.25, 0.3) is 0 Å². The summed E-state index contributed by atoms with van der Waals surface area (Å²) in [5.74, 6) is 0.892. The van der Waals surface area contributed by atoms with Crippen LogP contribution in [0.3, 0.4) is 0 Å². The first-order valence-electron chi connectivity index (χ1n) is 6.71. The van der Waals surface area contributed by atoms with Crippen molar-refractivity contribution in [2.45, 2.75) is 25.7 Å². The third-order valence-corrected chi connectivity index (χ3v) is 3.43. The molecule has 0 spiro atoms. The van der Waals surface area contributed by atoms with Crippen LogP contribution < -0.4 is 10.6 Å². The van der Waals surface area contributed by atoms with Crippen molar-refractivity contribution in [2.75, 3.05) is 19.6 Å². The Balaban J connectivity index is 1.57. The molecule has 4 nitrogen and oxygen atoms in total. The zero-order chi connectivity index (χ0) is 12.6. The molecule has 0 aliphatic carbocycles. The second-order valence-electron chi connectivity index (χ2n) is 4.85. The molecule has 98 valence electrons. The predicted molar refractivity (Wildman–Crippen MR) is 71.2 cm³/mol. The second-order valence-corrected chi connectivity index (χ2v) is 4.85. The molecule has 2 heterocycles. The molecule has 0 aromatic carbocycles. The van der Waals surface area contributed by atoms with Crippen LogP contribution in [-0.4, -0.2) is 30.5 Å². The number of rotatable bonds is 6. The lowest BCUT2D eigenvalue weighted by Gasteiger charge is -2.09. The van der Waals surface area contributed by atoms with Crippen molar-refractivity contribution < 1.29 is 4.79 Å². The Morgan fingerprint density at radius 1 is 1.44 bits per heavy atom. The van der Waals surface area contributed by atoms with Gasteiger partial charge in [0.1, 0.15) is 0 Å². The summed E-state index contributed by atoms with van der Waals surface area (Å²) in [6.07, 6.45) is 7.22. The number of aryl methyl sites for hydroxylation is 1. The molecule has 2 N–H and O–H groups in total. The van der Waals surface area contributed by atoms with Crippen LogP contribution in [0.5, 0.6) is 0 Å². The molecule has 4 heteroatoms. The molecular weight excluding hydrogens is 226 g/mol. The minimum atomic E-state index is 0.151. The fraction of sp³-hybridized carbons (Fsp3) is 0.571. The quantitative estimate of drug-likeness (QED) is 0.792. The molecule has 1 aliphatic heterocycles. The van der Waals surface area contributed by atoms with Crippen molar-refractivity contribution >= 4 is 5.91 Å². The molecule has 0 saturated carbocycles. The highest BCUT2D eigenvalue weighted by atomic mass is 16.1. The number of nitrogens with zero attached hydrogens (tertiary/aromatic N) is 1. The molecule has 2 rings (SSSR count). The van der Waals surface area contributed by atoms with Gasteiger partial charge in [0.15, 0.2) is 0 Å². The lowest BCUT2D eigenvalue weighted by molar-refractivity contribution is -0.121. The summed E-state index contributed by atoms with van der Waals surface area (Å²) in [6, 6.07) is 3.91. The summed E-state index contributed by atoms with van der Waals surface area (Å²) >= 11 is 0. The van der Waals surface area contributed by atoms with Crippen LogP contribution in [0.1, 0.15) is 24.8 Å². The third kappa shape index (κ3) is 4.45. The molecule has 1 atom stereocenters. The second kappa shape index (κ2) is 7.11. The molecule has 1 aromatic rings. The van der Waals surface area contributed by atoms with Gasteiger partial charge in [0.2, 0.25) is 5.91 Å². The van der Waals surface area contributed by atoms with E-state index in [0.29, 0.717) is 6.42 Å². The van der Waals surface area contributed by atoms with Gasteiger partial charge in [-0.1, -0.05) is 0 Å². The number of aromatic nitrogens is 1. The molecule has 1 saturated heterocycles. The summed E-state index contributed by atoms with van der Waals surface area (Å²) < 4.78 is 0.